The zero-order valence-electron chi connectivity index (χ0n) is 13.8. The molecule has 3 rings (SSSR count). The van der Waals surface area contributed by atoms with Crippen LogP contribution in [0, 0.1) is 0 Å². The number of carbonyl (C=O) groups excluding carboxylic acids is 1. The Morgan fingerprint density at radius 2 is 2.08 bits per heavy atom. The fourth-order valence-corrected chi connectivity index (χ4v) is 3.28. The number of hydrogen-bond acceptors (Lipinski definition) is 2. The number of benzene rings is 2. The van der Waals surface area contributed by atoms with Crippen LogP contribution in [-0.4, -0.2) is 30.1 Å². The molecule has 132 valence electrons. The van der Waals surface area contributed by atoms with E-state index in [0.717, 1.165) is 29.4 Å². The van der Waals surface area contributed by atoms with E-state index in [9.17, 15) is 4.79 Å². The van der Waals surface area contributed by atoms with Gasteiger partial charge in [0.05, 0.1) is 12.7 Å². The molecule has 0 radical (unpaired) electrons. The molecule has 0 spiro atoms. The van der Waals surface area contributed by atoms with Crippen LogP contribution in [0.1, 0.15) is 18.4 Å². The van der Waals surface area contributed by atoms with Gasteiger partial charge in [-0.25, -0.2) is 4.79 Å². The summed E-state index contributed by atoms with van der Waals surface area (Å²) in [5.41, 5.74) is 1.83. The van der Waals surface area contributed by atoms with Crippen LogP contribution in [0.15, 0.2) is 53.0 Å². The molecule has 1 atom stereocenters. The number of rotatable bonds is 4. The van der Waals surface area contributed by atoms with Crippen molar-refractivity contribution in [2.24, 2.45) is 0 Å². The maximum absolute atomic E-state index is 12.4. The highest BCUT2D eigenvalue weighted by Gasteiger charge is 2.24. The summed E-state index contributed by atoms with van der Waals surface area (Å²) in [6.07, 6.45) is 1.97. The summed E-state index contributed by atoms with van der Waals surface area (Å²) in [7, 11) is 0. The second-order valence-electron chi connectivity index (χ2n) is 6.09. The van der Waals surface area contributed by atoms with Gasteiger partial charge in [0.25, 0.3) is 0 Å². The van der Waals surface area contributed by atoms with Crippen molar-refractivity contribution in [3.63, 3.8) is 0 Å². The van der Waals surface area contributed by atoms with Crippen molar-refractivity contribution in [1.82, 2.24) is 4.90 Å². The van der Waals surface area contributed by atoms with E-state index in [0.29, 0.717) is 23.9 Å². The van der Waals surface area contributed by atoms with Crippen molar-refractivity contribution in [3.05, 3.63) is 63.6 Å². The van der Waals surface area contributed by atoms with Crippen LogP contribution in [0.2, 0.25) is 5.02 Å². The number of hydrogen-bond donors (Lipinski definition) is 1. The Morgan fingerprint density at radius 3 is 2.84 bits per heavy atom. The minimum Gasteiger partial charge on any atom is -0.372 e. The van der Waals surface area contributed by atoms with Crippen LogP contribution in [0.3, 0.4) is 0 Å². The Morgan fingerprint density at radius 1 is 1.28 bits per heavy atom. The van der Waals surface area contributed by atoms with Crippen LogP contribution in [0.4, 0.5) is 10.5 Å². The van der Waals surface area contributed by atoms with Crippen molar-refractivity contribution < 1.29 is 9.53 Å². The SMILES string of the molecule is O=C(Nc1cccc(Cl)c1)N1CCC[C@H](OCc2ccc(Br)cc2)C1. The van der Waals surface area contributed by atoms with E-state index in [1.165, 1.54) is 0 Å². The second-order valence-corrected chi connectivity index (χ2v) is 7.44. The number of likely N-dealkylation sites (tertiary alicyclic amines) is 1. The van der Waals surface area contributed by atoms with Crippen LogP contribution in [-0.2, 0) is 11.3 Å². The van der Waals surface area contributed by atoms with E-state index >= 15 is 0 Å². The summed E-state index contributed by atoms with van der Waals surface area (Å²) >= 11 is 9.39. The van der Waals surface area contributed by atoms with Crippen molar-refractivity contribution in [3.8, 4) is 0 Å². The summed E-state index contributed by atoms with van der Waals surface area (Å²) in [4.78, 5) is 14.2. The number of amides is 2. The van der Waals surface area contributed by atoms with E-state index in [2.05, 4.69) is 21.2 Å². The molecule has 1 saturated heterocycles. The zero-order chi connectivity index (χ0) is 17.6. The summed E-state index contributed by atoms with van der Waals surface area (Å²) in [5, 5.41) is 3.50. The predicted molar refractivity (Wildman–Crippen MR) is 104 cm³/mol. The number of halogens is 2. The van der Waals surface area contributed by atoms with Gasteiger partial charge in [0.1, 0.15) is 0 Å². The van der Waals surface area contributed by atoms with Gasteiger partial charge >= 0.3 is 6.03 Å². The third kappa shape index (κ3) is 5.46. The number of nitrogens with one attached hydrogen (secondary N) is 1. The normalized spacial score (nSPS) is 17.4. The Kier molecular flexibility index (Phi) is 6.34. The van der Waals surface area contributed by atoms with Gasteiger partial charge in [-0.15, -0.1) is 0 Å². The number of anilines is 1. The van der Waals surface area contributed by atoms with E-state index < -0.39 is 0 Å². The largest absolute Gasteiger partial charge is 0.372 e. The first-order valence-electron chi connectivity index (χ1n) is 8.28. The second kappa shape index (κ2) is 8.70. The Labute approximate surface area is 161 Å². The van der Waals surface area contributed by atoms with Gasteiger partial charge in [-0.05, 0) is 48.7 Å². The van der Waals surface area contributed by atoms with Gasteiger partial charge in [-0.2, -0.15) is 0 Å². The zero-order valence-corrected chi connectivity index (χ0v) is 16.1. The van der Waals surface area contributed by atoms with Crippen molar-refractivity contribution in [2.45, 2.75) is 25.6 Å². The first kappa shape index (κ1) is 18.2. The van der Waals surface area contributed by atoms with E-state index in [-0.39, 0.29) is 12.1 Å². The van der Waals surface area contributed by atoms with Crippen molar-refractivity contribution in [2.75, 3.05) is 18.4 Å². The summed E-state index contributed by atoms with van der Waals surface area (Å²) in [5.74, 6) is 0. The maximum Gasteiger partial charge on any atom is 0.321 e. The molecule has 0 bridgehead atoms. The molecular formula is C19H20BrClN2O2. The average Bonchev–Trinajstić information content (AvgIpc) is 2.61. The first-order chi connectivity index (χ1) is 12.1. The quantitative estimate of drug-likeness (QED) is 0.723. The lowest BCUT2D eigenvalue weighted by Crippen LogP contribution is -2.45. The lowest BCUT2D eigenvalue weighted by atomic mass is 10.1. The topological polar surface area (TPSA) is 41.6 Å². The Balaban J connectivity index is 1.51. The van der Waals surface area contributed by atoms with Crippen LogP contribution in [0.5, 0.6) is 0 Å². The van der Waals surface area contributed by atoms with Gasteiger partial charge in [-0.1, -0.05) is 45.7 Å². The molecule has 1 aliphatic heterocycles. The van der Waals surface area contributed by atoms with Gasteiger partial charge in [0.15, 0.2) is 0 Å². The molecule has 1 N–H and O–H groups in total. The summed E-state index contributed by atoms with van der Waals surface area (Å²) in [6.45, 7) is 1.90. The molecule has 1 fully saturated rings. The van der Waals surface area contributed by atoms with Crippen LogP contribution in [0.25, 0.3) is 0 Å². The third-order valence-electron chi connectivity index (χ3n) is 4.14. The molecule has 0 saturated carbocycles. The first-order valence-corrected chi connectivity index (χ1v) is 9.45. The molecule has 2 aromatic rings. The van der Waals surface area contributed by atoms with Crippen molar-refractivity contribution >= 4 is 39.2 Å². The fraction of sp³-hybridized carbons (Fsp3) is 0.316. The molecule has 6 heteroatoms. The number of piperidine rings is 1. The molecule has 0 aromatic heterocycles. The lowest BCUT2D eigenvalue weighted by Gasteiger charge is -2.32. The lowest BCUT2D eigenvalue weighted by molar-refractivity contribution is 0.00101. The standard InChI is InChI=1S/C19H20BrClN2O2/c20-15-8-6-14(7-9-15)13-25-18-5-2-10-23(12-18)19(24)22-17-4-1-3-16(21)11-17/h1,3-4,6-9,11,18H,2,5,10,12-13H2,(H,22,24)/t18-/m0/s1. The summed E-state index contributed by atoms with van der Waals surface area (Å²) in [6, 6.07) is 15.1. The fourth-order valence-electron chi connectivity index (χ4n) is 2.82. The Bertz CT molecular complexity index is 724. The molecule has 4 nitrogen and oxygen atoms in total. The monoisotopic (exact) mass is 422 g/mol. The van der Waals surface area contributed by atoms with E-state index in [1.807, 2.05) is 36.4 Å². The highest BCUT2D eigenvalue weighted by molar-refractivity contribution is 9.10. The van der Waals surface area contributed by atoms with Gasteiger partial charge < -0.3 is 15.0 Å². The molecule has 2 aromatic carbocycles. The van der Waals surface area contributed by atoms with Crippen molar-refractivity contribution in [1.29, 1.82) is 0 Å². The van der Waals surface area contributed by atoms with Gasteiger partial charge in [0.2, 0.25) is 0 Å². The van der Waals surface area contributed by atoms with E-state index in [1.54, 1.807) is 17.0 Å². The molecule has 1 aliphatic rings. The van der Waals surface area contributed by atoms with Gasteiger partial charge in [0, 0.05) is 28.3 Å². The molecular weight excluding hydrogens is 404 g/mol. The molecule has 0 unspecified atom stereocenters. The van der Waals surface area contributed by atoms with Crippen LogP contribution < -0.4 is 5.32 Å². The third-order valence-corrected chi connectivity index (χ3v) is 4.90. The molecule has 2 amide bonds. The summed E-state index contributed by atoms with van der Waals surface area (Å²) < 4.78 is 7.05. The molecule has 0 aliphatic carbocycles. The van der Waals surface area contributed by atoms with E-state index in [4.69, 9.17) is 16.3 Å². The maximum atomic E-state index is 12.4. The van der Waals surface area contributed by atoms with Crippen LogP contribution >= 0.6 is 27.5 Å². The Hall–Kier alpha value is -1.56. The average molecular weight is 424 g/mol. The number of urea groups is 1. The van der Waals surface area contributed by atoms with Gasteiger partial charge in [-0.3, -0.25) is 0 Å². The molecule has 1 heterocycles. The minimum atomic E-state index is -0.112. The smallest absolute Gasteiger partial charge is 0.321 e. The highest BCUT2D eigenvalue weighted by atomic mass is 79.9. The number of nitrogens with zero attached hydrogens (tertiary/aromatic N) is 1. The number of ether oxygens (including phenoxy) is 1. The number of carbonyl (C=O) groups is 1. The predicted octanol–water partition coefficient (Wildman–Crippen LogP) is 5.32. The highest BCUT2D eigenvalue weighted by Crippen LogP contribution is 2.19. The molecule has 25 heavy (non-hydrogen) atoms. The minimum absolute atomic E-state index is 0.0579.